The number of benzene rings is 2. The number of nitrogens with two attached hydrogens (primary N) is 1. The van der Waals surface area contributed by atoms with Gasteiger partial charge in [-0.25, -0.2) is 4.68 Å². The first-order chi connectivity index (χ1) is 10.3. The first-order valence-corrected chi connectivity index (χ1v) is 7.25. The average Bonchev–Trinajstić information content (AvgIpc) is 2.91. The largest absolute Gasteiger partial charge is 0.384 e. The van der Waals surface area contributed by atoms with Crippen LogP contribution in [-0.2, 0) is 13.0 Å². The summed E-state index contributed by atoms with van der Waals surface area (Å²) in [6, 6.07) is 22.6. The Kier molecular flexibility index (Phi) is 4.01. The van der Waals surface area contributed by atoms with E-state index < -0.39 is 0 Å². The van der Waals surface area contributed by atoms with Crippen molar-refractivity contribution in [1.82, 2.24) is 9.78 Å². The molecule has 0 aliphatic carbocycles. The summed E-state index contributed by atoms with van der Waals surface area (Å²) in [4.78, 5) is 0. The van der Waals surface area contributed by atoms with Gasteiger partial charge in [-0.05, 0) is 18.4 Å². The van der Waals surface area contributed by atoms with Gasteiger partial charge in [0, 0.05) is 18.2 Å². The van der Waals surface area contributed by atoms with Crippen molar-refractivity contribution in [2.75, 3.05) is 5.73 Å². The minimum absolute atomic E-state index is 0.724. The molecule has 3 aromatic rings. The molecule has 0 spiro atoms. The van der Waals surface area contributed by atoms with Crippen LogP contribution in [0.1, 0.15) is 12.0 Å². The highest BCUT2D eigenvalue weighted by Crippen LogP contribution is 2.20. The molecule has 0 saturated carbocycles. The predicted molar refractivity (Wildman–Crippen MR) is 86.8 cm³/mol. The number of rotatable bonds is 5. The Labute approximate surface area is 125 Å². The lowest BCUT2D eigenvalue weighted by Crippen LogP contribution is -2.05. The molecule has 0 amide bonds. The second-order valence-electron chi connectivity index (χ2n) is 5.13. The SMILES string of the molecule is Nc1cc(-c2ccccc2)nn1CCCc1ccccc1. The fourth-order valence-electron chi connectivity index (χ4n) is 2.44. The van der Waals surface area contributed by atoms with Crippen LogP contribution >= 0.6 is 0 Å². The first-order valence-electron chi connectivity index (χ1n) is 7.25. The van der Waals surface area contributed by atoms with Gasteiger partial charge in [-0.15, -0.1) is 0 Å². The molecule has 0 aliphatic rings. The van der Waals surface area contributed by atoms with Crippen LogP contribution in [0.15, 0.2) is 66.7 Å². The van der Waals surface area contributed by atoms with Crippen LogP contribution < -0.4 is 5.73 Å². The summed E-state index contributed by atoms with van der Waals surface area (Å²) in [6.07, 6.45) is 2.07. The van der Waals surface area contributed by atoms with E-state index in [0.29, 0.717) is 0 Å². The number of hydrogen-bond donors (Lipinski definition) is 1. The van der Waals surface area contributed by atoms with Crippen molar-refractivity contribution >= 4 is 5.82 Å². The maximum atomic E-state index is 6.06. The molecule has 0 bridgehead atoms. The first kappa shape index (κ1) is 13.4. The Hall–Kier alpha value is -2.55. The van der Waals surface area contributed by atoms with Gasteiger partial charge >= 0.3 is 0 Å². The van der Waals surface area contributed by atoms with Gasteiger partial charge in [-0.2, -0.15) is 5.10 Å². The third-order valence-corrected chi connectivity index (χ3v) is 3.56. The zero-order valence-corrected chi connectivity index (χ0v) is 11.9. The lowest BCUT2D eigenvalue weighted by Gasteiger charge is -2.04. The molecule has 3 heteroatoms. The van der Waals surface area contributed by atoms with Crippen LogP contribution in [0.25, 0.3) is 11.3 Å². The van der Waals surface area contributed by atoms with Crippen LogP contribution in [-0.4, -0.2) is 9.78 Å². The molecule has 1 heterocycles. The van der Waals surface area contributed by atoms with E-state index in [1.165, 1.54) is 5.56 Å². The highest BCUT2D eigenvalue weighted by molar-refractivity contribution is 5.61. The molecule has 3 nitrogen and oxygen atoms in total. The van der Waals surface area contributed by atoms with Crippen molar-refractivity contribution in [2.24, 2.45) is 0 Å². The maximum Gasteiger partial charge on any atom is 0.122 e. The Balaban J connectivity index is 1.65. The van der Waals surface area contributed by atoms with E-state index in [9.17, 15) is 0 Å². The van der Waals surface area contributed by atoms with Crippen LogP contribution in [0.5, 0.6) is 0 Å². The van der Waals surface area contributed by atoms with Crippen molar-refractivity contribution in [3.63, 3.8) is 0 Å². The van der Waals surface area contributed by atoms with Crippen LogP contribution in [0.2, 0.25) is 0 Å². The molecule has 2 N–H and O–H groups in total. The zero-order chi connectivity index (χ0) is 14.5. The second kappa shape index (κ2) is 6.27. The molecule has 1 aromatic heterocycles. The highest BCUT2D eigenvalue weighted by atomic mass is 15.3. The topological polar surface area (TPSA) is 43.8 Å². The number of hydrogen-bond acceptors (Lipinski definition) is 2. The average molecular weight is 277 g/mol. The number of anilines is 1. The van der Waals surface area contributed by atoms with Gasteiger partial charge < -0.3 is 5.73 Å². The van der Waals surface area contributed by atoms with Gasteiger partial charge in [-0.1, -0.05) is 60.7 Å². The third-order valence-electron chi connectivity index (χ3n) is 3.56. The number of aromatic nitrogens is 2. The molecular weight excluding hydrogens is 258 g/mol. The van der Waals surface area contributed by atoms with E-state index >= 15 is 0 Å². The normalized spacial score (nSPS) is 10.7. The monoisotopic (exact) mass is 277 g/mol. The number of nitrogens with zero attached hydrogens (tertiary/aromatic N) is 2. The quantitative estimate of drug-likeness (QED) is 0.771. The van der Waals surface area contributed by atoms with Crippen LogP contribution in [0.4, 0.5) is 5.82 Å². The second-order valence-corrected chi connectivity index (χ2v) is 5.13. The van der Waals surface area contributed by atoms with Crippen molar-refractivity contribution in [2.45, 2.75) is 19.4 Å². The van der Waals surface area contributed by atoms with E-state index in [4.69, 9.17) is 5.73 Å². The molecule has 0 aliphatic heterocycles. The number of nitrogen functional groups attached to an aromatic ring is 1. The Bertz CT molecular complexity index is 687. The molecule has 0 saturated heterocycles. The van der Waals surface area contributed by atoms with Gasteiger partial charge in [-0.3, -0.25) is 0 Å². The third kappa shape index (κ3) is 3.31. The van der Waals surface area contributed by atoms with E-state index in [0.717, 1.165) is 36.5 Å². The maximum absolute atomic E-state index is 6.06. The van der Waals surface area contributed by atoms with Gasteiger partial charge in [0.1, 0.15) is 5.82 Å². The van der Waals surface area contributed by atoms with Gasteiger partial charge in [0.05, 0.1) is 5.69 Å². The minimum Gasteiger partial charge on any atom is -0.384 e. The van der Waals surface area contributed by atoms with Crippen LogP contribution in [0.3, 0.4) is 0 Å². The predicted octanol–water partition coefficient (Wildman–Crippen LogP) is 3.77. The molecule has 0 unspecified atom stereocenters. The van der Waals surface area contributed by atoms with Crippen LogP contribution in [0, 0.1) is 0 Å². The summed E-state index contributed by atoms with van der Waals surface area (Å²) in [5.74, 6) is 0.724. The number of aryl methyl sites for hydroxylation is 2. The van der Waals surface area contributed by atoms with E-state index in [1.54, 1.807) is 0 Å². The summed E-state index contributed by atoms with van der Waals surface area (Å²) >= 11 is 0. The summed E-state index contributed by atoms with van der Waals surface area (Å²) in [5, 5.41) is 4.60. The van der Waals surface area contributed by atoms with Crippen molar-refractivity contribution < 1.29 is 0 Å². The van der Waals surface area contributed by atoms with Gasteiger partial charge in [0.15, 0.2) is 0 Å². The smallest absolute Gasteiger partial charge is 0.122 e. The molecule has 0 atom stereocenters. The van der Waals surface area contributed by atoms with Gasteiger partial charge in [0.2, 0.25) is 0 Å². The lowest BCUT2D eigenvalue weighted by atomic mass is 10.1. The molecule has 3 rings (SSSR count). The van der Waals surface area contributed by atoms with Gasteiger partial charge in [0.25, 0.3) is 0 Å². The fraction of sp³-hybridized carbons (Fsp3) is 0.167. The molecule has 0 radical (unpaired) electrons. The molecule has 21 heavy (non-hydrogen) atoms. The highest BCUT2D eigenvalue weighted by Gasteiger charge is 2.06. The molecule has 106 valence electrons. The summed E-state index contributed by atoms with van der Waals surface area (Å²) in [6.45, 7) is 0.841. The molecule has 0 fully saturated rings. The van der Waals surface area contributed by atoms with Crippen molar-refractivity contribution in [3.8, 4) is 11.3 Å². The zero-order valence-electron chi connectivity index (χ0n) is 11.9. The van der Waals surface area contributed by atoms with Crippen molar-refractivity contribution in [3.05, 3.63) is 72.3 Å². The fourth-order valence-corrected chi connectivity index (χ4v) is 2.44. The minimum atomic E-state index is 0.724. The Morgan fingerprint density at radius 3 is 2.29 bits per heavy atom. The van der Waals surface area contributed by atoms with E-state index in [-0.39, 0.29) is 0 Å². The standard InChI is InChI=1S/C18H19N3/c19-18-14-17(16-11-5-2-6-12-16)20-21(18)13-7-10-15-8-3-1-4-9-15/h1-6,8-9,11-12,14H,7,10,13,19H2. The molecule has 2 aromatic carbocycles. The lowest BCUT2D eigenvalue weighted by molar-refractivity contribution is 0.588. The Morgan fingerprint density at radius 1 is 0.905 bits per heavy atom. The summed E-state index contributed by atoms with van der Waals surface area (Å²) in [7, 11) is 0. The summed E-state index contributed by atoms with van der Waals surface area (Å²) < 4.78 is 1.89. The Morgan fingerprint density at radius 2 is 1.57 bits per heavy atom. The van der Waals surface area contributed by atoms with E-state index in [1.807, 2.05) is 35.0 Å². The molecular formula is C18H19N3. The summed E-state index contributed by atoms with van der Waals surface area (Å²) in [5.41, 5.74) is 9.45. The van der Waals surface area contributed by atoms with Crippen molar-refractivity contribution in [1.29, 1.82) is 0 Å². The van der Waals surface area contributed by atoms with E-state index in [2.05, 4.69) is 41.5 Å².